The van der Waals surface area contributed by atoms with Gasteiger partial charge in [0.1, 0.15) is 0 Å². The quantitative estimate of drug-likeness (QED) is 0.303. The second kappa shape index (κ2) is 15.4. The predicted molar refractivity (Wildman–Crippen MR) is 92.5 cm³/mol. The van der Waals surface area contributed by atoms with Gasteiger partial charge in [0, 0.05) is 78.0 Å². The zero-order valence-electron chi connectivity index (χ0n) is 16.6. The zero-order chi connectivity index (χ0) is 21.1. The second-order valence-electron chi connectivity index (χ2n) is 7.01. The summed E-state index contributed by atoms with van der Waals surface area (Å²) in [4.78, 5) is 39.9. The van der Waals surface area contributed by atoms with Crippen LogP contribution in [-0.2, 0) is 14.4 Å². The van der Waals surface area contributed by atoms with Crippen LogP contribution in [-0.4, -0.2) is 127 Å². The van der Waals surface area contributed by atoms with Crippen LogP contribution in [0.3, 0.4) is 0 Å². The number of hydrogen-bond acceptors (Lipinski definition) is 11. The molecule has 167 valence electrons. The molecule has 29 heavy (non-hydrogen) atoms. The predicted octanol–water partition coefficient (Wildman–Crippen LogP) is -6.16. The third-order valence-electron chi connectivity index (χ3n) is 4.82. The summed E-state index contributed by atoms with van der Waals surface area (Å²) in [5.74, 6) is -3.70. The van der Waals surface area contributed by atoms with Gasteiger partial charge in [-0.25, -0.2) is 0 Å². The Morgan fingerprint density at radius 2 is 1.00 bits per heavy atom. The van der Waals surface area contributed by atoms with E-state index in [1.54, 1.807) is 14.7 Å². The van der Waals surface area contributed by atoms with Crippen LogP contribution in [0.5, 0.6) is 0 Å². The molecule has 1 atom stereocenters. The van der Waals surface area contributed by atoms with Crippen LogP contribution in [0.4, 0.5) is 0 Å². The normalized spacial score (nSPS) is 20.1. The van der Waals surface area contributed by atoms with E-state index in [1.807, 2.05) is 11.8 Å². The van der Waals surface area contributed by atoms with Gasteiger partial charge in [0.15, 0.2) is 0 Å². The average molecular weight is 559 g/mol. The minimum Gasteiger partial charge on any atom is -0.549 e. The number of rotatable bonds is 8. The van der Waals surface area contributed by atoms with E-state index in [0.717, 1.165) is 0 Å². The number of carboxylic acid groups (broad SMARTS) is 3. The van der Waals surface area contributed by atoms with Crippen LogP contribution in [0, 0.1) is 39.9 Å². The fourth-order valence-electron chi connectivity index (χ4n) is 3.13. The Kier molecular flexibility index (Phi) is 15.1. The number of aliphatic carboxylic acids is 3. The van der Waals surface area contributed by atoms with Crippen molar-refractivity contribution >= 4 is 17.9 Å². The van der Waals surface area contributed by atoms with Crippen molar-refractivity contribution in [3.05, 3.63) is 0 Å². The first-order valence-corrected chi connectivity index (χ1v) is 9.32. The third-order valence-corrected chi connectivity index (χ3v) is 4.82. The Labute approximate surface area is 202 Å². The number of aliphatic hydroxyl groups is 1. The number of hydrogen-bond donors (Lipinski definition) is 1. The van der Waals surface area contributed by atoms with Gasteiger partial charge >= 0.3 is 39.9 Å². The van der Waals surface area contributed by atoms with E-state index in [2.05, 4.69) is 0 Å². The standard InChI is InChI=1S/C17H32N4O7.Gd/c1-14(13-22)21-8-6-19(11-16(25)26)4-2-18(10-15(23)24)3-5-20(7-9-21)12-17(27)28;/h14,22H,2-13H2,1H3,(H,23,24)(H,25,26)(H,27,28);/q;+3/p-3. The number of carboxylic acids is 3. The van der Waals surface area contributed by atoms with Crippen molar-refractivity contribution in [3.8, 4) is 0 Å². The summed E-state index contributed by atoms with van der Waals surface area (Å²) in [7, 11) is 0. The Morgan fingerprint density at radius 3 is 1.24 bits per heavy atom. The van der Waals surface area contributed by atoms with Crippen LogP contribution in [0.2, 0.25) is 0 Å². The minimum absolute atomic E-state index is 0. The maximum absolute atomic E-state index is 11.0. The SMILES string of the molecule is CC(CO)N1CCN(CC(=O)[O-])CCN(CC(=O)[O-])CCN(CC(=O)[O-])CC1.[Gd+3]. The van der Waals surface area contributed by atoms with Gasteiger partial charge in [0.25, 0.3) is 0 Å². The molecule has 0 aliphatic carbocycles. The second-order valence-corrected chi connectivity index (χ2v) is 7.01. The third kappa shape index (κ3) is 12.7. The average Bonchev–Trinajstić information content (AvgIpc) is 2.59. The van der Waals surface area contributed by atoms with Gasteiger partial charge in [-0.15, -0.1) is 0 Å². The number of aliphatic hydroxyl groups excluding tert-OH is 1. The summed E-state index contributed by atoms with van der Waals surface area (Å²) in [6, 6.07) is -0.174. The number of nitrogens with zero attached hydrogens (tertiary/aromatic N) is 4. The molecule has 0 amide bonds. The fourth-order valence-corrected chi connectivity index (χ4v) is 3.13. The van der Waals surface area contributed by atoms with Crippen molar-refractivity contribution in [2.24, 2.45) is 0 Å². The Balaban J connectivity index is 0.00000784. The van der Waals surface area contributed by atoms with E-state index >= 15 is 0 Å². The van der Waals surface area contributed by atoms with E-state index < -0.39 is 17.9 Å². The molecule has 1 radical (unpaired) electrons. The topological polar surface area (TPSA) is 154 Å². The molecule has 1 aliphatic rings. The van der Waals surface area contributed by atoms with Gasteiger partial charge in [-0.2, -0.15) is 0 Å². The molecule has 0 spiro atoms. The van der Waals surface area contributed by atoms with E-state index in [9.17, 15) is 34.8 Å². The van der Waals surface area contributed by atoms with E-state index in [4.69, 9.17) is 0 Å². The van der Waals surface area contributed by atoms with Crippen LogP contribution in [0.15, 0.2) is 0 Å². The summed E-state index contributed by atoms with van der Waals surface area (Å²) < 4.78 is 0. The molecule has 1 rings (SSSR count). The van der Waals surface area contributed by atoms with Crippen molar-refractivity contribution in [3.63, 3.8) is 0 Å². The van der Waals surface area contributed by atoms with Crippen molar-refractivity contribution in [2.45, 2.75) is 13.0 Å². The Hall–Kier alpha value is -0.465. The monoisotopic (exact) mass is 559 g/mol. The van der Waals surface area contributed by atoms with Crippen LogP contribution >= 0.6 is 0 Å². The van der Waals surface area contributed by atoms with Crippen LogP contribution in [0.25, 0.3) is 0 Å². The fraction of sp³-hybridized carbons (Fsp3) is 0.824. The Morgan fingerprint density at radius 1 is 0.724 bits per heavy atom. The summed E-state index contributed by atoms with van der Waals surface area (Å²) in [5.41, 5.74) is 0. The van der Waals surface area contributed by atoms with E-state index in [-0.39, 0.29) is 85.3 Å². The van der Waals surface area contributed by atoms with Gasteiger partial charge in [-0.3, -0.25) is 19.6 Å². The molecule has 1 fully saturated rings. The maximum atomic E-state index is 11.0. The molecule has 1 aliphatic heterocycles. The summed E-state index contributed by atoms with van der Waals surface area (Å²) in [6.07, 6.45) is 0. The van der Waals surface area contributed by atoms with Gasteiger partial charge in [-0.1, -0.05) is 0 Å². The minimum atomic E-state index is -1.26. The largest absolute Gasteiger partial charge is 3.00 e. The first-order valence-electron chi connectivity index (χ1n) is 9.32. The molecular formula is C17H29GdN4O7. The first kappa shape index (κ1) is 28.5. The smallest absolute Gasteiger partial charge is 0.549 e. The molecular weight excluding hydrogens is 529 g/mol. The molecule has 11 nitrogen and oxygen atoms in total. The molecule has 0 aromatic carbocycles. The van der Waals surface area contributed by atoms with Crippen molar-refractivity contribution in [2.75, 3.05) is 78.6 Å². The van der Waals surface area contributed by atoms with Gasteiger partial charge < -0.3 is 34.8 Å². The first-order chi connectivity index (χ1) is 13.2. The molecule has 0 aromatic heterocycles. The zero-order valence-corrected chi connectivity index (χ0v) is 18.9. The molecule has 0 aromatic rings. The van der Waals surface area contributed by atoms with E-state index in [1.165, 1.54) is 0 Å². The molecule has 1 saturated heterocycles. The van der Waals surface area contributed by atoms with Crippen molar-refractivity contribution in [1.82, 2.24) is 19.6 Å². The van der Waals surface area contributed by atoms with Gasteiger partial charge in [0.2, 0.25) is 0 Å². The van der Waals surface area contributed by atoms with E-state index in [0.29, 0.717) is 39.3 Å². The maximum Gasteiger partial charge on any atom is 3.00 e. The molecule has 1 N–H and O–H groups in total. The summed E-state index contributed by atoms with van der Waals surface area (Å²) in [6.45, 7) is 3.76. The van der Waals surface area contributed by atoms with Crippen LogP contribution < -0.4 is 15.3 Å². The van der Waals surface area contributed by atoms with Crippen molar-refractivity contribution in [1.29, 1.82) is 0 Å². The molecule has 0 bridgehead atoms. The van der Waals surface area contributed by atoms with Crippen LogP contribution in [0.1, 0.15) is 6.92 Å². The summed E-state index contributed by atoms with van der Waals surface area (Å²) in [5, 5.41) is 42.5. The van der Waals surface area contributed by atoms with Crippen molar-refractivity contribution < 1.29 is 74.8 Å². The molecule has 1 heterocycles. The molecule has 1 unspecified atom stereocenters. The number of carbonyl (C=O) groups is 3. The number of carbonyl (C=O) groups excluding carboxylic acids is 3. The van der Waals surface area contributed by atoms with Gasteiger partial charge in [-0.05, 0) is 6.92 Å². The molecule has 12 heteroatoms. The van der Waals surface area contributed by atoms with Gasteiger partial charge in [0.05, 0.1) is 24.5 Å². The summed E-state index contributed by atoms with van der Waals surface area (Å²) >= 11 is 0. The molecule has 0 saturated carbocycles. The Bertz CT molecular complexity index is 494.